The molecule has 0 N–H and O–H groups in total. The zero-order chi connectivity index (χ0) is 21.6. The van der Waals surface area contributed by atoms with Crippen molar-refractivity contribution in [3.63, 3.8) is 0 Å². The third-order valence-corrected chi connectivity index (χ3v) is 6.21. The molecular formula is C24H30N4O3. The molecule has 2 aliphatic rings. The Morgan fingerprint density at radius 1 is 1.10 bits per heavy atom. The van der Waals surface area contributed by atoms with Crippen molar-refractivity contribution in [3.05, 3.63) is 53.9 Å². The van der Waals surface area contributed by atoms with E-state index >= 15 is 0 Å². The number of carbonyl (C=O) groups is 2. The number of piperidine rings is 1. The summed E-state index contributed by atoms with van der Waals surface area (Å²) in [5.41, 5.74) is 2.27. The third-order valence-electron chi connectivity index (χ3n) is 6.21. The first-order valence-electron chi connectivity index (χ1n) is 11.1. The van der Waals surface area contributed by atoms with Gasteiger partial charge in [-0.05, 0) is 37.3 Å². The first-order chi connectivity index (χ1) is 15.1. The van der Waals surface area contributed by atoms with Crippen LogP contribution in [0.1, 0.15) is 30.4 Å². The smallest absolute Gasteiger partial charge is 0.316 e. The molecule has 0 spiro atoms. The standard InChI is InChI=1S/C24H30N4O3/c1-18-3-5-19(6-4-18)13-22(29)27-11-7-20(8-12-27)15-28-16-21(14-23(28)30)17-31-24-25-9-2-10-26-24/h2-6,9-10,20-21H,7-8,11-17H2,1H3. The van der Waals surface area contributed by atoms with E-state index < -0.39 is 0 Å². The van der Waals surface area contributed by atoms with E-state index in [1.807, 2.05) is 34.1 Å². The average Bonchev–Trinajstić information content (AvgIpc) is 3.14. The predicted octanol–water partition coefficient (Wildman–Crippen LogP) is 2.49. The second-order valence-corrected chi connectivity index (χ2v) is 8.70. The van der Waals surface area contributed by atoms with Crippen LogP contribution >= 0.6 is 0 Å². The van der Waals surface area contributed by atoms with Crippen molar-refractivity contribution in [1.29, 1.82) is 0 Å². The van der Waals surface area contributed by atoms with Crippen LogP contribution in [0.5, 0.6) is 6.01 Å². The van der Waals surface area contributed by atoms with Crippen LogP contribution in [-0.2, 0) is 16.0 Å². The van der Waals surface area contributed by atoms with E-state index in [0.29, 0.717) is 31.4 Å². The van der Waals surface area contributed by atoms with Crippen molar-refractivity contribution in [2.45, 2.75) is 32.6 Å². The number of ether oxygens (including phenoxy) is 1. The number of hydrogen-bond acceptors (Lipinski definition) is 5. The highest BCUT2D eigenvalue weighted by atomic mass is 16.5. The summed E-state index contributed by atoms with van der Waals surface area (Å²) < 4.78 is 5.63. The summed E-state index contributed by atoms with van der Waals surface area (Å²) >= 11 is 0. The van der Waals surface area contributed by atoms with E-state index in [-0.39, 0.29) is 17.7 Å². The van der Waals surface area contributed by atoms with Gasteiger partial charge in [0.05, 0.1) is 13.0 Å². The second kappa shape index (κ2) is 9.90. The van der Waals surface area contributed by atoms with E-state index in [0.717, 1.165) is 44.6 Å². The number of hydrogen-bond donors (Lipinski definition) is 0. The minimum atomic E-state index is 0.174. The lowest BCUT2D eigenvalue weighted by Gasteiger charge is -2.34. The second-order valence-electron chi connectivity index (χ2n) is 8.70. The summed E-state index contributed by atoms with van der Waals surface area (Å²) in [6.45, 7) is 5.55. The summed E-state index contributed by atoms with van der Waals surface area (Å²) in [5.74, 6) is 1.01. The predicted molar refractivity (Wildman–Crippen MR) is 116 cm³/mol. The molecule has 7 heteroatoms. The fourth-order valence-electron chi connectivity index (χ4n) is 4.36. The van der Waals surface area contributed by atoms with Crippen molar-refractivity contribution in [2.75, 3.05) is 32.8 Å². The Morgan fingerprint density at radius 3 is 2.52 bits per heavy atom. The quantitative estimate of drug-likeness (QED) is 0.685. The number of carbonyl (C=O) groups excluding carboxylic acids is 2. The van der Waals surface area contributed by atoms with Gasteiger partial charge in [-0.25, -0.2) is 9.97 Å². The monoisotopic (exact) mass is 422 g/mol. The summed E-state index contributed by atoms with van der Waals surface area (Å²) in [6, 6.07) is 10.3. The lowest BCUT2D eigenvalue weighted by atomic mass is 9.95. The topological polar surface area (TPSA) is 75.6 Å². The number of amides is 2. The number of rotatable bonds is 7. The van der Waals surface area contributed by atoms with Crippen LogP contribution in [0, 0.1) is 18.8 Å². The Hall–Kier alpha value is -2.96. The molecule has 4 rings (SSSR count). The Morgan fingerprint density at radius 2 is 1.81 bits per heavy atom. The summed E-state index contributed by atoms with van der Waals surface area (Å²) in [6.07, 6.45) is 6.16. The molecule has 2 aliphatic heterocycles. The number of aryl methyl sites for hydroxylation is 1. The highest BCUT2D eigenvalue weighted by molar-refractivity contribution is 5.79. The molecule has 0 radical (unpaired) electrons. The Labute approximate surface area is 183 Å². The third kappa shape index (κ3) is 5.81. The summed E-state index contributed by atoms with van der Waals surface area (Å²) in [4.78, 5) is 37.1. The first-order valence-corrected chi connectivity index (χ1v) is 11.1. The molecule has 0 bridgehead atoms. The summed E-state index contributed by atoms with van der Waals surface area (Å²) in [5, 5.41) is 0. The van der Waals surface area contributed by atoms with Crippen LogP contribution in [0.25, 0.3) is 0 Å². The van der Waals surface area contributed by atoms with Gasteiger partial charge in [0.1, 0.15) is 0 Å². The van der Waals surface area contributed by atoms with Gasteiger partial charge in [0.2, 0.25) is 11.8 Å². The van der Waals surface area contributed by atoms with Gasteiger partial charge < -0.3 is 14.5 Å². The van der Waals surface area contributed by atoms with Crippen LogP contribution in [0.15, 0.2) is 42.7 Å². The lowest BCUT2D eigenvalue weighted by molar-refractivity contribution is -0.133. The van der Waals surface area contributed by atoms with Crippen LogP contribution in [-0.4, -0.2) is 64.4 Å². The van der Waals surface area contributed by atoms with E-state index in [2.05, 4.69) is 16.9 Å². The Bertz CT molecular complexity index is 879. The van der Waals surface area contributed by atoms with E-state index in [9.17, 15) is 9.59 Å². The molecular weight excluding hydrogens is 392 g/mol. The highest BCUT2D eigenvalue weighted by Crippen LogP contribution is 2.24. The average molecular weight is 423 g/mol. The first kappa shape index (κ1) is 21.3. The van der Waals surface area contributed by atoms with Crippen molar-refractivity contribution in [1.82, 2.24) is 19.8 Å². The molecule has 1 aromatic carbocycles. The molecule has 1 aromatic heterocycles. The molecule has 3 heterocycles. The Balaban J connectivity index is 1.19. The largest absolute Gasteiger partial charge is 0.463 e. The minimum absolute atomic E-state index is 0.174. The van der Waals surface area contributed by atoms with E-state index in [1.54, 1.807) is 18.5 Å². The van der Waals surface area contributed by atoms with Gasteiger partial charge in [-0.15, -0.1) is 0 Å². The molecule has 2 saturated heterocycles. The molecule has 7 nitrogen and oxygen atoms in total. The van der Waals surface area contributed by atoms with Crippen molar-refractivity contribution in [3.8, 4) is 6.01 Å². The number of nitrogens with zero attached hydrogens (tertiary/aromatic N) is 4. The highest BCUT2D eigenvalue weighted by Gasteiger charge is 2.33. The van der Waals surface area contributed by atoms with Gasteiger partial charge in [0.15, 0.2) is 0 Å². The zero-order valence-corrected chi connectivity index (χ0v) is 18.1. The molecule has 2 fully saturated rings. The minimum Gasteiger partial charge on any atom is -0.463 e. The van der Waals surface area contributed by atoms with Crippen LogP contribution in [0.4, 0.5) is 0 Å². The maximum atomic E-state index is 12.6. The van der Waals surface area contributed by atoms with Gasteiger partial charge in [0, 0.05) is 50.9 Å². The summed E-state index contributed by atoms with van der Waals surface area (Å²) in [7, 11) is 0. The molecule has 31 heavy (non-hydrogen) atoms. The fraction of sp³-hybridized carbons (Fsp3) is 0.500. The lowest BCUT2D eigenvalue weighted by Crippen LogP contribution is -2.42. The van der Waals surface area contributed by atoms with Crippen LogP contribution in [0.2, 0.25) is 0 Å². The van der Waals surface area contributed by atoms with Gasteiger partial charge in [0.25, 0.3) is 0 Å². The maximum Gasteiger partial charge on any atom is 0.316 e. The van der Waals surface area contributed by atoms with Crippen LogP contribution < -0.4 is 4.74 Å². The maximum absolute atomic E-state index is 12.6. The fourth-order valence-corrected chi connectivity index (χ4v) is 4.36. The van der Waals surface area contributed by atoms with Crippen molar-refractivity contribution in [2.24, 2.45) is 11.8 Å². The molecule has 1 unspecified atom stereocenters. The zero-order valence-electron chi connectivity index (χ0n) is 18.1. The molecule has 1 atom stereocenters. The van der Waals surface area contributed by atoms with Gasteiger partial charge >= 0.3 is 6.01 Å². The number of likely N-dealkylation sites (tertiary alicyclic amines) is 2. The van der Waals surface area contributed by atoms with Gasteiger partial charge in [-0.2, -0.15) is 0 Å². The van der Waals surface area contributed by atoms with Crippen molar-refractivity contribution >= 4 is 11.8 Å². The normalized spacial score (nSPS) is 19.6. The van der Waals surface area contributed by atoms with E-state index in [4.69, 9.17) is 4.74 Å². The molecule has 0 saturated carbocycles. The van der Waals surface area contributed by atoms with Crippen LogP contribution in [0.3, 0.4) is 0 Å². The molecule has 2 amide bonds. The van der Waals surface area contributed by atoms with Gasteiger partial charge in [-0.3, -0.25) is 9.59 Å². The van der Waals surface area contributed by atoms with Gasteiger partial charge in [-0.1, -0.05) is 29.8 Å². The number of benzene rings is 1. The molecule has 164 valence electrons. The van der Waals surface area contributed by atoms with Crippen molar-refractivity contribution < 1.29 is 14.3 Å². The Kier molecular flexibility index (Phi) is 6.79. The van der Waals surface area contributed by atoms with E-state index in [1.165, 1.54) is 5.56 Å². The molecule has 0 aliphatic carbocycles. The number of aromatic nitrogens is 2. The SMILES string of the molecule is Cc1ccc(CC(=O)N2CCC(CN3CC(COc4ncccn4)CC3=O)CC2)cc1. The molecule has 2 aromatic rings.